The summed E-state index contributed by atoms with van der Waals surface area (Å²) in [5, 5.41) is 3.21. The van der Waals surface area contributed by atoms with Crippen molar-refractivity contribution in [2.75, 3.05) is 20.8 Å². The number of ether oxygens (including phenoxy) is 2. The highest BCUT2D eigenvalue weighted by Gasteiger charge is 2.26. The molecule has 1 aliphatic carbocycles. The summed E-state index contributed by atoms with van der Waals surface area (Å²) in [4.78, 5) is 11.6. The molecule has 1 saturated carbocycles. The van der Waals surface area contributed by atoms with Crippen LogP contribution in [0.4, 0.5) is 0 Å². The first kappa shape index (κ1) is 13.7. The molecule has 104 valence electrons. The smallest absolute Gasteiger partial charge is 0.239 e. The Morgan fingerprint density at radius 2 is 2.16 bits per heavy atom. The standard InChI is InChI=1S/C14H20N2O3/c1-18-10-5-6-11(12(7-10)19-2)13(14(15)17)16-8-9-3-4-9/h5-7,9,13,16H,3-4,8H2,1-2H3,(H2,15,17). The fourth-order valence-corrected chi connectivity index (χ4v) is 2.03. The van der Waals surface area contributed by atoms with Gasteiger partial charge in [0.1, 0.15) is 17.5 Å². The van der Waals surface area contributed by atoms with E-state index >= 15 is 0 Å². The quantitative estimate of drug-likeness (QED) is 0.777. The van der Waals surface area contributed by atoms with Crippen molar-refractivity contribution in [1.82, 2.24) is 5.32 Å². The number of carbonyl (C=O) groups excluding carboxylic acids is 1. The lowest BCUT2D eigenvalue weighted by atomic mass is 10.0. The van der Waals surface area contributed by atoms with Gasteiger partial charge in [0.05, 0.1) is 14.2 Å². The van der Waals surface area contributed by atoms with Crippen molar-refractivity contribution in [3.05, 3.63) is 23.8 Å². The van der Waals surface area contributed by atoms with Crippen LogP contribution in [-0.4, -0.2) is 26.7 Å². The number of benzene rings is 1. The van der Waals surface area contributed by atoms with Crippen LogP contribution < -0.4 is 20.5 Å². The van der Waals surface area contributed by atoms with Gasteiger partial charge in [-0.2, -0.15) is 0 Å². The highest BCUT2D eigenvalue weighted by Crippen LogP contribution is 2.32. The van der Waals surface area contributed by atoms with Gasteiger partial charge in [-0.05, 0) is 37.4 Å². The lowest BCUT2D eigenvalue weighted by Gasteiger charge is -2.19. The number of rotatable bonds is 7. The molecular formula is C14H20N2O3. The van der Waals surface area contributed by atoms with Crippen LogP contribution >= 0.6 is 0 Å². The Balaban J connectivity index is 2.20. The Labute approximate surface area is 113 Å². The van der Waals surface area contributed by atoms with E-state index < -0.39 is 11.9 Å². The highest BCUT2D eigenvalue weighted by molar-refractivity contribution is 5.82. The van der Waals surface area contributed by atoms with E-state index in [-0.39, 0.29) is 0 Å². The zero-order valence-electron chi connectivity index (χ0n) is 11.3. The maximum Gasteiger partial charge on any atom is 0.239 e. The van der Waals surface area contributed by atoms with E-state index in [0.29, 0.717) is 17.4 Å². The second-order valence-electron chi connectivity index (χ2n) is 4.79. The average Bonchev–Trinajstić information content (AvgIpc) is 3.22. The summed E-state index contributed by atoms with van der Waals surface area (Å²) in [6, 6.07) is 4.84. The second-order valence-corrected chi connectivity index (χ2v) is 4.79. The van der Waals surface area contributed by atoms with Crippen LogP contribution in [0, 0.1) is 5.92 Å². The fraction of sp³-hybridized carbons (Fsp3) is 0.500. The van der Waals surface area contributed by atoms with Crippen LogP contribution in [0.3, 0.4) is 0 Å². The molecule has 5 heteroatoms. The molecule has 1 unspecified atom stereocenters. The number of hydrogen-bond acceptors (Lipinski definition) is 4. The number of amides is 1. The van der Waals surface area contributed by atoms with Gasteiger partial charge < -0.3 is 20.5 Å². The third-order valence-corrected chi connectivity index (χ3v) is 3.34. The third kappa shape index (κ3) is 3.38. The molecule has 0 aromatic heterocycles. The van der Waals surface area contributed by atoms with Gasteiger partial charge in [-0.3, -0.25) is 4.79 Å². The minimum absolute atomic E-state index is 0.399. The van der Waals surface area contributed by atoms with Crippen LogP contribution in [0.1, 0.15) is 24.4 Å². The first-order valence-corrected chi connectivity index (χ1v) is 6.40. The lowest BCUT2D eigenvalue weighted by molar-refractivity contribution is -0.120. The maximum absolute atomic E-state index is 11.6. The van der Waals surface area contributed by atoms with Gasteiger partial charge in [0.25, 0.3) is 0 Å². The van der Waals surface area contributed by atoms with Gasteiger partial charge >= 0.3 is 0 Å². The molecule has 0 bridgehead atoms. The SMILES string of the molecule is COc1ccc(C(NCC2CC2)C(N)=O)c(OC)c1. The van der Waals surface area contributed by atoms with E-state index in [4.69, 9.17) is 15.2 Å². The van der Waals surface area contributed by atoms with E-state index in [2.05, 4.69) is 5.32 Å². The Kier molecular flexibility index (Phi) is 4.27. The van der Waals surface area contributed by atoms with Crippen LogP contribution in [0.5, 0.6) is 11.5 Å². The van der Waals surface area contributed by atoms with Gasteiger partial charge in [0.15, 0.2) is 0 Å². The molecule has 0 aliphatic heterocycles. The van der Waals surface area contributed by atoms with Crippen molar-refractivity contribution in [2.24, 2.45) is 11.7 Å². The molecule has 1 aromatic carbocycles. The van der Waals surface area contributed by atoms with E-state index in [1.165, 1.54) is 12.8 Å². The van der Waals surface area contributed by atoms with Crippen molar-refractivity contribution in [2.45, 2.75) is 18.9 Å². The van der Waals surface area contributed by atoms with E-state index in [1.54, 1.807) is 26.4 Å². The van der Waals surface area contributed by atoms with Crippen molar-refractivity contribution in [1.29, 1.82) is 0 Å². The fourth-order valence-electron chi connectivity index (χ4n) is 2.03. The molecule has 0 heterocycles. The molecular weight excluding hydrogens is 244 g/mol. The summed E-state index contributed by atoms with van der Waals surface area (Å²) in [6.45, 7) is 0.808. The lowest BCUT2D eigenvalue weighted by Crippen LogP contribution is -2.35. The number of carbonyl (C=O) groups is 1. The molecule has 1 fully saturated rings. The number of primary amides is 1. The number of nitrogens with two attached hydrogens (primary N) is 1. The molecule has 1 atom stereocenters. The summed E-state index contributed by atoms with van der Waals surface area (Å²) in [5.41, 5.74) is 6.23. The first-order valence-electron chi connectivity index (χ1n) is 6.40. The summed E-state index contributed by atoms with van der Waals surface area (Å²) in [5.74, 6) is 1.56. The van der Waals surface area contributed by atoms with Crippen LogP contribution in [0.2, 0.25) is 0 Å². The van der Waals surface area contributed by atoms with Gasteiger partial charge in [-0.1, -0.05) is 0 Å². The number of methoxy groups -OCH3 is 2. The number of nitrogens with one attached hydrogen (secondary N) is 1. The maximum atomic E-state index is 11.6. The Morgan fingerprint density at radius 1 is 1.42 bits per heavy atom. The van der Waals surface area contributed by atoms with Gasteiger partial charge in [0, 0.05) is 11.6 Å². The zero-order chi connectivity index (χ0) is 13.8. The molecule has 1 amide bonds. The van der Waals surface area contributed by atoms with Crippen molar-refractivity contribution in [3.8, 4) is 11.5 Å². The Hall–Kier alpha value is -1.75. The minimum Gasteiger partial charge on any atom is -0.497 e. The van der Waals surface area contributed by atoms with Gasteiger partial charge in [-0.15, -0.1) is 0 Å². The molecule has 19 heavy (non-hydrogen) atoms. The molecule has 1 aliphatic rings. The van der Waals surface area contributed by atoms with Crippen LogP contribution in [-0.2, 0) is 4.79 Å². The normalized spacial score (nSPS) is 15.9. The third-order valence-electron chi connectivity index (χ3n) is 3.34. The van der Waals surface area contributed by atoms with E-state index in [9.17, 15) is 4.79 Å². The van der Waals surface area contributed by atoms with Gasteiger partial charge in [-0.25, -0.2) is 0 Å². The molecule has 0 saturated heterocycles. The molecule has 5 nitrogen and oxygen atoms in total. The van der Waals surface area contributed by atoms with E-state index in [0.717, 1.165) is 12.1 Å². The molecule has 0 spiro atoms. The molecule has 0 radical (unpaired) electrons. The first-order chi connectivity index (χ1) is 9.15. The molecule has 2 rings (SSSR count). The monoisotopic (exact) mass is 264 g/mol. The topological polar surface area (TPSA) is 73.6 Å². The molecule has 3 N–H and O–H groups in total. The molecule has 1 aromatic rings. The van der Waals surface area contributed by atoms with E-state index in [1.807, 2.05) is 6.07 Å². The predicted molar refractivity (Wildman–Crippen MR) is 72.2 cm³/mol. The van der Waals surface area contributed by atoms with Crippen LogP contribution in [0.15, 0.2) is 18.2 Å². The largest absolute Gasteiger partial charge is 0.497 e. The van der Waals surface area contributed by atoms with Crippen molar-refractivity contribution in [3.63, 3.8) is 0 Å². The minimum atomic E-state index is -0.526. The second kappa shape index (κ2) is 5.93. The Bertz CT molecular complexity index is 458. The average molecular weight is 264 g/mol. The van der Waals surface area contributed by atoms with Gasteiger partial charge in [0.2, 0.25) is 5.91 Å². The Morgan fingerprint density at radius 3 is 2.68 bits per heavy atom. The zero-order valence-corrected chi connectivity index (χ0v) is 11.3. The summed E-state index contributed by atoms with van der Waals surface area (Å²) in [7, 11) is 3.16. The highest BCUT2D eigenvalue weighted by atomic mass is 16.5. The summed E-state index contributed by atoms with van der Waals surface area (Å²) >= 11 is 0. The number of hydrogen-bond donors (Lipinski definition) is 2. The van der Waals surface area contributed by atoms with Crippen molar-refractivity contribution < 1.29 is 14.3 Å². The van der Waals surface area contributed by atoms with Crippen molar-refractivity contribution >= 4 is 5.91 Å². The van der Waals surface area contributed by atoms with Crippen LogP contribution in [0.25, 0.3) is 0 Å². The summed E-state index contributed by atoms with van der Waals surface area (Å²) < 4.78 is 10.5. The summed E-state index contributed by atoms with van der Waals surface area (Å²) in [6.07, 6.45) is 2.44. The predicted octanol–water partition coefficient (Wildman–Crippen LogP) is 1.23.